The van der Waals surface area contributed by atoms with E-state index in [-0.39, 0.29) is 16.6 Å². The number of likely N-dealkylation sites (tertiary alicyclic amines) is 1. The van der Waals surface area contributed by atoms with Crippen molar-refractivity contribution in [2.24, 2.45) is 0 Å². The van der Waals surface area contributed by atoms with Gasteiger partial charge in [0.1, 0.15) is 0 Å². The van der Waals surface area contributed by atoms with Crippen LogP contribution in [0.5, 0.6) is 0 Å². The van der Waals surface area contributed by atoms with Crippen molar-refractivity contribution in [2.45, 2.75) is 31.1 Å². The molecule has 0 aromatic heterocycles. The van der Waals surface area contributed by atoms with Crippen molar-refractivity contribution in [3.63, 3.8) is 0 Å². The van der Waals surface area contributed by atoms with E-state index in [1.165, 1.54) is 13.0 Å². The lowest BCUT2D eigenvalue weighted by atomic mass is 10.1. The lowest BCUT2D eigenvalue weighted by Crippen LogP contribution is -2.26. The maximum atomic E-state index is 12.6. The number of benzene rings is 2. The molecule has 0 atom stereocenters. The number of sulfonamides is 1. The molecule has 0 radical (unpaired) electrons. The molecule has 1 heterocycles. The van der Waals surface area contributed by atoms with Crippen LogP contribution in [0.25, 0.3) is 0 Å². The number of hydrogen-bond acceptors (Lipinski definition) is 4. The molecule has 3 rings (SSSR count). The molecule has 6 nitrogen and oxygen atoms in total. The molecule has 1 fully saturated rings. The van der Waals surface area contributed by atoms with Crippen LogP contribution in [0.4, 0.5) is 5.69 Å². The highest BCUT2D eigenvalue weighted by Crippen LogP contribution is 2.19. The molecule has 0 bridgehead atoms. The van der Waals surface area contributed by atoms with Crippen LogP contribution in [-0.2, 0) is 21.2 Å². The van der Waals surface area contributed by atoms with Gasteiger partial charge in [0.05, 0.1) is 4.90 Å². The van der Waals surface area contributed by atoms with Gasteiger partial charge in [-0.15, -0.1) is 0 Å². The average Bonchev–Trinajstić information content (AvgIpc) is 3.05. The van der Waals surface area contributed by atoms with Gasteiger partial charge in [-0.25, -0.2) is 8.42 Å². The van der Waals surface area contributed by atoms with Gasteiger partial charge in [0.25, 0.3) is 10.0 Å². The molecule has 2 aromatic carbocycles. The van der Waals surface area contributed by atoms with Crippen molar-refractivity contribution in [1.82, 2.24) is 4.90 Å². The number of hydrogen-bond donors (Lipinski definition) is 1. The summed E-state index contributed by atoms with van der Waals surface area (Å²) in [6.45, 7) is 2.89. The Kier molecular flexibility index (Phi) is 5.60. The summed E-state index contributed by atoms with van der Waals surface area (Å²) >= 11 is 0. The lowest BCUT2D eigenvalue weighted by Gasteiger charge is -2.15. The highest BCUT2D eigenvalue weighted by Gasteiger charge is 2.19. The van der Waals surface area contributed by atoms with Crippen molar-refractivity contribution in [3.8, 4) is 0 Å². The molecule has 2 aromatic rings. The third-order valence-electron chi connectivity index (χ3n) is 4.60. The summed E-state index contributed by atoms with van der Waals surface area (Å²) in [4.78, 5) is 25.1. The number of amides is 1. The molecule has 0 saturated carbocycles. The Morgan fingerprint density at radius 3 is 2.52 bits per heavy atom. The van der Waals surface area contributed by atoms with Crippen molar-refractivity contribution in [2.75, 3.05) is 17.8 Å². The van der Waals surface area contributed by atoms with Crippen LogP contribution in [0.3, 0.4) is 0 Å². The van der Waals surface area contributed by atoms with Gasteiger partial charge < -0.3 is 4.90 Å². The zero-order chi connectivity index (χ0) is 19.4. The van der Waals surface area contributed by atoms with Gasteiger partial charge >= 0.3 is 0 Å². The lowest BCUT2D eigenvalue weighted by molar-refractivity contribution is -0.127. The summed E-state index contributed by atoms with van der Waals surface area (Å²) in [5, 5.41) is 0. The predicted molar refractivity (Wildman–Crippen MR) is 103 cm³/mol. The van der Waals surface area contributed by atoms with Crippen LogP contribution in [0.2, 0.25) is 0 Å². The minimum Gasteiger partial charge on any atom is -0.342 e. The van der Waals surface area contributed by atoms with Crippen molar-refractivity contribution in [3.05, 3.63) is 59.7 Å². The van der Waals surface area contributed by atoms with Crippen LogP contribution in [0.15, 0.2) is 53.4 Å². The van der Waals surface area contributed by atoms with E-state index in [1.807, 2.05) is 4.90 Å². The molecule has 27 heavy (non-hydrogen) atoms. The van der Waals surface area contributed by atoms with E-state index in [0.717, 1.165) is 18.5 Å². The highest BCUT2D eigenvalue weighted by molar-refractivity contribution is 7.92. The Morgan fingerprint density at radius 1 is 1.15 bits per heavy atom. The zero-order valence-corrected chi connectivity index (χ0v) is 16.0. The second-order valence-electron chi connectivity index (χ2n) is 6.62. The number of anilines is 1. The average molecular weight is 386 g/mol. The molecule has 142 valence electrons. The summed E-state index contributed by atoms with van der Waals surface area (Å²) in [7, 11) is -3.74. The summed E-state index contributed by atoms with van der Waals surface area (Å²) in [5.74, 6) is 0.0584. The van der Waals surface area contributed by atoms with Crippen molar-refractivity contribution >= 4 is 27.4 Å². The minimum atomic E-state index is -3.74. The first-order valence-electron chi connectivity index (χ1n) is 8.86. The van der Waals surface area contributed by atoms with Crippen LogP contribution in [0.1, 0.15) is 35.7 Å². The maximum Gasteiger partial charge on any atom is 0.261 e. The maximum absolute atomic E-state index is 12.6. The predicted octanol–water partition coefficient (Wildman–Crippen LogP) is 2.85. The fourth-order valence-corrected chi connectivity index (χ4v) is 4.11. The Morgan fingerprint density at radius 2 is 1.89 bits per heavy atom. The van der Waals surface area contributed by atoms with E-state index in [9.17, 15) is 18.0 Å². The monoisotopic (exact) mass is 386 g/mol. The Bertz CT molecular complexity index is 952. The molecule has 1 saturated heterocycles. The van der Waals surface area contributed by atoms with Crippen molar-refractivity contribution < 1.29 is 18.0 Å². The largest absolute Gasteiger partial charge is 0.342 e. The molecule has 1 aliphatic rings. The fraction of sp³-hybridized carbons (Fsp3) is 0.300. The summed E-state index contributed by atoms with van der Waals surface area (Å²) in [6.07, 6.45) is 2.22. The van der Waals surface area contributed by atoms with E-state index in [2.05, 4.69) is 4.72 Å². The Balaban J connectivity index is 1.67. The summed E-state index contributed by atoms with van der Waals surface area (Å²) in [6, 6.07) is 13.0. The number of carbonyl (C=O) groups is 2. The van der Waals surface area contributed by atoms with Crippen LogP contribution >= 0.6 is 0 Å². The fourth-order valence-electron chi connectivity index (χ4n) is 3.06. The first-order valence-corrected chi connectivity index (χ1v) is 10.3. The number of ketones is 1. The molecule has 7 heteroatoms. The van der Waals surface area contributed by atoms with Gasteiger partial charge in [0.2, 0.25) is 5.91 Å². The van der Waals surface area contributed by atoms with Crippen LogP contribution in [-0.4, -0.2) is 38.1 Å². The highest BCUT2D eigenvalue weighted by atomic mass is 32.2. The smallest absolute Gasteiger partial charge is 0.261 e. The van der Waals surface area contributed by atoms with Gasteiger partial charge in [-0.3, -0.25) is 14.3 Å². The summed E-state index contributed by atoms with van der Waals surface area (Å²) in [5.41, 5.74) is 1.77. The van der Waals surface area contributed by atoms with E-state index in [0.29, 0.717) is 30.6 Å². The number of nitrogens with one attached hydrogen (secondary N) is 1. The van der Waals surface area contributed by atoms with E-state index < -0.39 is 10.0 Å². The van der Waals surface area contributed by atoms with Crippen LogP contribution in [0, 0.1) is 0 Å². The first kappa shape index (κ1) is 19.1. The minimum absolute atomic E-state index is 0.128. The van der Waals surface area contributed by atoms with Gasteiger partial charge in [-0.05, 0) is 49.6 Å². The summed E-state index contributed by atoms with van der Waals surface area (Å²) < 4.78 is 27.6. The molecular formula is C20H22N2O4S. The molecule has 1 aliphatic heterocycles. The zero-order valence-electron chi connectivity index (χ0n) is 15.1. The molecule has 0 unspecified atom stereocenters. The quantitative estimate of drug-likeness (QED) is 0.742. The van der Waals surface area contributed by atoms with Gasteiger partial charge in [-0.2, -0.15) is 0 Å². The molecule has 0 spiro atoms. The van der Waals surface area contributed by atoms with Gasteiger partial charge in [0.15, 0.2) is 5.78 Å². The van der Waals surface area contributed by atoms with Gasteiger partial charge in [0, 0.05) is 30.8 Å². The topological polar surface area (TPSA) is 83.6 Å². The van der Waals surface area contributed by atoms with Crippen LogP contribution < -0.4 is 4.72 Å². The van der Waals surface area contributed by atoms with E-state index in [1.54, 1.807) is 42.5 Å². The molecule has 0 aliphatic carbocycles. The Hall–Kier alpha value is -2.67. The number of carbonyl (C=O) groups excluding carboxylic acids is 2. The van der Waals surface area contributed by atoms with Gasteiger partial charge in [-0.1, -0.05) is 24.3 Å². The molecule has 1 amide bonds. The molecule has 1 N–H and O–H groups in total. The third-order valence-corrected chi connectivity index (χ3v) is 5.99. The standard InChI is InChI=1S/C20H22N2O4S/c1-15(23)17-4-2-5-18(14-17)21-27(25,26)19-9-7-16(8-10-19)11-13-22-12-3-6-20(22)24/h2,4-5,7-10,14,21H,3,6,11-13H2,1H3. The first-order chi connectivity index (χ1) is 12.8. The third kappa shape index (κ3) is 4.74. The SMILES string of the molecule is CC(=O)c1cccc(NS(=O)(=O)c2ccc(CCN3CCCC3=O)cc2)c1. The number of nitrogens with zero attached hydrogens (tertiary/aromatic N) is 1. The van der Waals surface area contributed by atoms with Crippen molar-refractivity contribution in [1.29, 1.82) is 0 Å². The Labute approximate surface area is 159 Å². The second-order valence-corrected chi connectivity index (χ2v) is 8.30. The normalized spacial score (nSPS) is 14.4. The number of rotatable bonds is 7. The van der Waals surface area contributed by atoms with E-state index >= 15 is 0 Å². The van der Waals surface area contributed by atoms with E-state index in [4.69, 9.17) is 0 Å². The molecular weight excluding hydrogens is 364 g/mol. The second kappa shape index (κ2) is 7.92. The number of Topliss-reactive ketones (excluding diaryl/α,β-unsaturated/α-hetero) is 1.